The molecule has 6 nitrogen and oxygen atoms in total. The molecule has 0 radical (unpaired) electrons. The molecule has 172 valence electrons. The molecule has 0 aliphatic heterocycles. The second-order valence-electron chi connectivity index (χ2n) is 8.00. The number of carbonyl (C=O) groups excluding carboxylic acids is 1. The maximum absolute atomic E-state index is 13.8. The third kappa shape index (κ3) is 4.94. The van der Waals surface area contributed by atoms with Gasteiger partial charge >= 0.3 is 0 Å². The first kappa shape index (κ1) is 22.0. The number of nitrogens with one attached hydrogen (secondary N) is 2. The summed E-state index contributed by atoms with van der Waals surface area (Å²) in [5, 5.41) is 7.27. The second kappa shape index (κ2) is 9.61. The van der Waals surface area contributed by atoms with Crippen molar-refractivity contribution in [2.45, 2.75) is 0 Å². The highest BCUT2D eigenvalue weighted by atomic mass is 19.1. The van der Waals surface area contributed by atoms with Crippen LogP contribution in [0.25, 0.3) is 10.9 Å². The minimum Gasteiger partial charge on any atom is -0.355 e. The highest BCUT2D eigenvalue weighted by molar-refractivity contribution is 6.06. The zero-order valence-electron chi connectivity index (χ0n) is 18.9. The highest BCUT2D eigenvalue weighted by Gasteiger charge is 2.15. The van der Waals surface area contributed by atoms with Crippen LogP contribution in [0.5, 0.6) is 0 Å². The van der Waals surface area contributed by atoms with Gasteiger partial charge in [-0.15, -0.1) is 0 Å². The van der Waals surface area contributed by atoms with E-state index in [1.165, 1.54) is 12.1 Å². The first-order valence-corrected chi connectivity index (χ1v) is 11.0. The number of nitrogens with zero attached hydrogens (tertiary/aromatic N) is 3. The summed E-state index contributed by atoms with van der Waals surface area (Å²) in [6.07, 6.45) is 5.10. The summed E-state index contributed by atoms with van der Waals surface area (Å²) in [7, 11) is 1.74. The first-order valence-electron chi connectivity index (χ1n) is 11.0. The molecule has 0 unspecified atom stereocenters. The number of rotatable bonds is 6. The molecule has 3 aromatic carbocycles. The molecule has 35 heavy (non-hydrogen) atoms. The SMILES string of the molecule is CN(C(=O)c1cccc(Nc2ccnc3ccc(F)cc23)c1)c1cccc(Nc2ccncc2)c1. The van der Waals surface area contributed by atoms with Gasteiger partial charge in [0.05, 0.1) is 5.52 Å². The van der Waals surface area contributed by atoms with Crippen LogP contribution in [0.1, 0.15) is 10.4 Å². The standard InChI is InChI=1S/C28H22FN5O/c1-34(24-7-3-6-23(18-24)32-21-10-13-30-14-11-21)28(35)19-4-2-5-22(16-19)33-27-12-15-31-26-9-8-20(29)17-25(26)27/h2-18H,1H3,(H,30,32)(H,31,33). The number of amides is 1. The van der Waals surface area contributed by atoms with Gasteiger partial charge in [-0.3, -0.25) is 14.8 Å². The quantitative estimate of drug-likeness (QED) is 0.299. The van der Waals surface area contributed by atoms with Crippen LogP contribution < -0.4 is 15.5 Å². The van der Waals surface area contributed by atoms with Crippen molar-refractivity contribution >= 4 is 45.2 Å². The smallest absolute Gasteiger partial charge is 0.258 e. The van der Waals surface area contributed by atoms with Crippen LogP contribution >= 0.6 is 0 Å². The Morgan fingerprint density at radius 2 is 1.57 bits per heavy atom. The Bertz CT molecular complexity index is 1510. The summed E-state index contributed by atoms with van der Waals surface area (Å²) in [4.78, 5) is 23.2. The van der Waals surface area contributed by atoms with E-state index in [0.717, 1.165) is 17.1 Å². The van der Waals surface area contributed by atoms with E-state index in [0.29, 0.717) is 27.8 Å². The molecule has 0 fully saturated rings. The lowest BCUT2D eigenvalue weighted by Gasteiger charge is -2.19. The van der Waals surface area contributed by atoms with E-state index < -0.39 is 0 Å². The Morgan fingerprint density at radius 3 is 2.40 bits per heavy atom. The molecule has 2 aromatic heterocycles. The lowest BCUT2D eigenvalue weighted by atomic mass is 10.1. The van der Waals surface area contributed by atoms with Gasteiger partial charge in [-0.05, 0) is 72.8 Å². The van der Waals surface area contributed by atoms with Crippen molar-refractivity contribution < 1.29 is 9.18 Å². The van der Waals surface area contributed by atoms with Crippen molar-refractivity contribution in [1.82, 2.24) is 9.97 Å². The third-order valence-corrected chi connectivity index (χ3v) is 5.60. The van der Waals surface area contributed by atoms with Crippen LogP contribution in [0.2, 0.25) is 0 Å². The molecule has 0 bridgehead atoms. The molecule has 5 aromatic rings. The molecule has 0 saturated carbocycles. The van der Waals surface area contributed by atoms with Crippen LogP contribution in [0.15, 0.2) is 104 Å². The number of hydrogen-bond acceptors (Lipinski definition) is 5. The Balaban J connectivity index is 1.37. The van der Waals surface area contributed by atoms with Crippen molar-refractivity contribution in [1.29, 1.82) is 0 Å². The summed E-state index contributed by atoms with van der Waals surface area (Å²) in [5.41, 5.74) is 5.16. The van der Waals surface area contributed by atoms with E-state index in [-0.39, 0.29) is 11.7 Å². The van der Waals surface area contributed by atoms with E-state index in [1.807, 2.05) is 48.5 Å². The summed E-state index contributed by atoms with van der Waals surface area (Å²) in [6, 6.07) is 24.9. The molecule has 1 amide bonds. The molecule has 2 N–H and O–H groups in total. The maximum Gasteiger partial charge on any atom is 0.258 e. The maximum atomic E-state index is 13.8. The molecular weight excluding hydrogens is 441 g/mol. The minimum atomic E-state index is -0.334. The summed E-state index contributed by atoms with van der Waals surface area (Å²) in [6.45, 7) is 0. The Morgan fingerprint density at radius 1 is 0.800 bits per heavy atom. The van der Waals surface area contributed by atoms with E-state index in [1.54, 1.807) is 54.8 Å². The summed E-state index contributed by atoms with van der Waals surface area (Å²) in [5.74, 6) is -0.486. The average Bonchev–Trinajstić information content (AvgIpc) is 2.89. The predicted molar refractivity (Wildman–Crippen MR) is 138 cm³/mol. The number of benzene rings is 3. The fourth-order valence-corrected chi connectivity index (χ4v) is 3.82. The Labute approximate surface area is 202 Å². The van der Waals surface area contributed by atoms with E-state index in [2.05, 4.69) is 20.6 Å². The molecule has 0 atom stereocenters. The van der Waals surface area contributed by atoms with Gasteiger partial charge in [0.2, 0.25) is 0 Å². The van der Waals surface area contributed by atoms with Crippen LogP contribution in [-0.4, -0.2) is 22.9 Å². The lowest BCUT2D eigenvalue weighted by Crippen LogP contribution is -2.26. The molecule has 0 saturated heterocycles. The number of aromatic nitrogens is 2. The van der Waals surface area contributed by atoms with E-state index in [4.69, 9.17) is 0 Å². The zero-order chi connectivity index (χ0) is 24.2. The van der Waals surface area contributed by atoms with Crippen molar-refractivity contribution in [2.24, 2.45) is 0 Å². The Hall–Kier alpha value is -4.78. The van der Waals surface area contributed by atoms with Crippen LogP contribution in [0, 0.1) is 5.82 Å². The van der Waals surface area contributed by atoms with Crippen LogP contribution in [-0.2, 0) is 0 Å². The lowest BCUT2D eigenvalue weighted by molar-refractivity contribution is 0.0993. The predicted octanol–water partition coefficient (Wildman–Crippen LogP) is 6.53. The van der Waals surface area contributed by atoms with Gasteiger partial charge < -0.3 is 15.5 Å². The fourth-order valence-electron chi connectivity index (χ4n) is 3.82. The van der Waals surface area contributed by atoms with Gasteiger partial charge in [0, 0.05) is 65.0 Å². The molecule has 5 rings (SSSR count). The third-order valence-electron chi connectivity index (χ3n) is 5.60. The number of carbonyl (C=O) groups is 1. The Kier molecular flexibility index (Phi) is 6.05. The van der Waals surface area contributed by atoms with Gasteiger partial charge in [0.15, 0.2) is 0 Å². The molecule has 0 aliphatic rings. The van der Waals surface area contributed by atoms with E-state index >= 15 is 0 Å². The number of anilines is 5. The molecule has 2 heterocycles. The van der Waals surface area contributed by atoms with Crippen molar-refractivity contribution in [2.75, 3.05) is 22.6 Å². The summed E-state index contributed by atoms with van der Waals surface area (Å²) < 4.78 is 13.8. The zero-order valence-corrected chi connectivity index (χ0v) is 18.9. The van der Waals surface area contributed by atoms with E-state index in [9.17, 15) is 9.18 Å². The van der Waals surface area contributed by atoms with Gasteiger partial charge in [0.1, 0.15) is 5.82 Å². The fraction of sp³-hybridized carbons (Fsp3) is 0.0357. The van der Waals surface area contributed by atoms with Crippen molar-refractivity contribution in [3.63, 3.8) is 0 Å². The number of pyridine rings is 2. The largest absolute Gasteiger partial charge is 0.355 e. The molecule has 0 aliphatic carbocycles. The number of hydrogen-bond donors (Lipinski definition) is 2. The number of halogens is 1. The second-order valence-corrected chi connectivity index (χ2v) is 8.00. The van der Waals surface area contributed by atoms with Gasteiger partial charge in [-0.25, -0.2) is 4.39 Å². The van der Waals surface area contributed by atoms with Gasteiger partial charge in [-0.2, -0.15) is 0 Å². The van der Waals surface area contributed by atoms with Crippen LogP contribution in [0.4, 0.5) is 32.8 Å². The normalized spacial score (nSPS) is 10.7. The van der Waals surface area contributed by atoms with Crippen LogP contribution in [0.3, 0.4) is 0 Å². The topological polar surface area (TPSA) is 70.2 Å². The highest BCUT2D eigenvalue weighted by Crippen LogP contribution is 2.27. The number of fused-ring (bicyclic) bond motifs is 1. The molecule has 0 spiro atoms. The summed E-state index contributed by atoms with van der Waals surface area (Å²) >= 11 is 0. The van der Waals surface area contributed by atoms with Gasteiger partial charge in [0.25, 0.3) is 5.91 Å². The molecular formula is C28H22FN5O. The minimum absolute atomic E-state index is 0.152. The van der Waals surface area contributed by atoms with Crippen molar-refractivity contribution in [3.8, 4) is 0 Å². The van der Waals surface area contributed by atoms with Gasteiger partial charge in [-0.1, -0.05) is 12.1 Å². The molecule has 7 heteroatoms. The first-order chi connectivity index (χ1) is 17.1. The monoisotopic (exact) mass is 463 g/mol. The van der Waals surface area contributed by atoms with Crippen molar-refractivity contribution in [3.05, 3.63) is 115 Å². The average molecular weight is 464 g/mol.